The molecule has 104 valence electrons. The summed E-state index contributed by atoms with van der Waals surface area (Å²) < 4.78 is 0. The Kier molecular flexibility index (Phi) is 10.1. The first-order valence-corrected chi connectivity index (χ1v) is 4.65. The van der Waals surface area contributed by atoms with Crippen molar-refractivity contribution < 1.29 is 44.7 Å². The molecular formula is C9H10O9-4. The van der Waals surface area contributed by atoms with Gasteiger partial charge in [-0.15, -0.1) is 0 Å². The molecule has 0 amide bonds. The largest absolute Gasteiger partial charge is 0.550 e. The average Bonchev–Trinajstić information content (AvgIpc) is 2.15. The molecule has 1 unspecified atom stereocenters. The van der Waals surface area contributed by atoms with Crippen molar-refractivity contribution in [2.45, 2.75) is 31.8 Å². The van der Waals surface area contributed by atoms with Gasteiger partial charge in [0.1, 0.15) is 0 Å². The number of aliphatic hydroxyl groups is 1. The summed E-state index contributed by atoms with van der Waals surface area (Å²) in [5.41, 5.74) is 0. The molecule has 0 aliphatic heterocycles. The summed E-state index contributed by atoms with van der Waals surface area (Å²) in [7, 11) is 0. The Bertz CT molecular complexity index is 295. The van der Waals surface area contributed by atoms with Gasteiger partial charge in [-0.25, -0.2) is 0 Å². The third kappa shape index (κ3) is 16.3. The Morgan fingerprint density at radius 2 is 1.22 bits per heavy atom. The molecule has 0 bridgehead atoms. The van der Waals surface area contributed by atoms with Gasteiger partial charge in [0.05, 0.1) is 12.1 Å². The molecule has 0 aromatic carbocycles. The second-order valence-electron chi connectivity index (χ2n) is 3.01. The second kappa shape index (κ2) is 10.0. The maximum atomic E-state index is 9.66. The number of carboxylic acid groups (broad SMARTS) is 4. The highest BCUT2D eigenvalue weighted by atomic mass is 16.4. The Morgan fingerprint density at radius 3 is 1.39 bits per heavy atom. The van der Waals surface area contributed by atoms with Gasteiger partial charge < -0.3 is 44.7 Å². The standard InChI is InChI=1S/C5H8O4.C4H6O5/c6-4(7)2-1-3-5(8)9;5-2(4(8)9)1-3(6)7/h1-3H2,(H,6,7)(H,8,9);2,5H,1H2,(H,6,7)(H,8,9)/p-4. The van der Waals surface area contributed by atoms with E-state index in [1.165, 1.54) is 0 Å². The summed E-state index contributed by atoms with van der Waals surface area (Å²) in [6.07, 6.45) is -3.23. The van der Waals surface area contributed by atoms with E-state index in [2.05, 4.69) is 0 Å². The number of hydrogen-bond acceptors (Lipinski definition) is 9. The van der Waals surface area contributed by atoms with Crippen LogP contribution in [0, 0.1) is 0 Å². The van der Waals surface area contributed by atoms with Crippen LogP contribution in [0.4, 0.5) is 0 Å². The number of hydrogen-bond donors (Lipinski definition) is 1. The summed E-state index contributed by atoms with van der Waals surface area (Å²) in [5.74, 6) is -5.88. The van der Waals surface area contributed by atoms with Gasteiger partial charge in [0.2, 0.25) is 0 Å². The smallest absolute Gasteiger partial charge is 0.0985 e. The normalized spacial score (nSPS) is 10.7. The quantitative estimate of drug-likeness (QED) is 0.466. The van der Waals surface area contributed by atoms with E-state index in [9.17, 15) is 39.6 Å². The molecule has 0 aliphatic carbocycles. The van der Waals surface area contributed by atoms with E-state index in [1.807, 2.05) is 0 Å². The molecule has 0 saturated heterocycles. The van der Waals surface area contributed by atoms with Crippen LogP contribution in [-0.4, -0.2) is 35.1 Å². The second-order valence-corrected chi connectivity index (χ2v) is 3.01. The van der Waals surface area contributed by atoms with Gasteiger partial charge in [-0.3, -0.25) is 0 Å². The molecule has 0 heterocycles. The first-order chi connectivity index (χ1) is 8.16. The third-order valence-corrected chi connectivity index (χ3v) is 1.39. The Labute approximate surface area is 101 Å². The van der Waals surface area contributed by atoms with E-state index in [0.717, 1.165) is 0 Å². The van der Waals surface area contributed by atoms with Crippen LogP contribution in [0.3, 0.4) is 0 Å². The number of rotatable bonds is 7. The van der Waals surface area contributed by atoms with Gasteiger partial charge in [0.15, 0.2) is 0 Å². The maximum Gasteiger partial charge on any atom is 0.0985 e. The summed E-state index contributed by atoms with van der Waals surface area (Å²) in [6, 6.07) is 0. The van der Waals surface area contributed by atoms with Crippen LogP contribution < -0.4 is 20.4 Å². The van der Waals surface area contributed by atoms with Crippen molar-refractivity contribution in [2.75, 3.05) is 0 Å². The molecule has 0 aromatic heterocycles. The summed E-state index contributed by atoms with van der Waals surface area (Å²) in [6.45, 7) is 0. The minimum atomic E-state index is -1.96. The summed E-state index contributed by atoms with van der Waals surface area (Å²) in [5, 5.41) is 46.7. The molecule has 0 aliphatic rings. The van der Waals surface area contributed by atoms with Crippen LogP contribution >= 0.6 is 0 Å². The van der Waals surface area contributed by atoms with Crippen molar-refractivity contribution in [3.8, 4) is 0 Å². The lowest BCUT2D eigenvalue weighted by Crippen LogP contribution is -2.39. The summed E-state index contributed by atoms with van der Waals surface area (Å²) >= 11 is 0. The number of carboxylic acids is 4. The monoisotopic (exact) mass is 262 g/mol. The van der Waals surface area contributed by atoms with E-state index in [-0.39, 0.29) is 19.3 Å². The fourth-order valence-corrected chi connectivity index (χ4v) is 0.618. The molecule has 0 rings (SSSR count). The minimum Gasteiger partial charge on any atom is -0.550 e. The van der Waals surface area contributed by atoms with Gasteiger partial charge in [-0.1, -0.05) is 0 Å². The average molecular weight is 262 g/mol. The zero-order chi connectivity index (χ0) is 14.7. The third-order valence-electron chi connectivity index (χ3n) is 1.39. The lowest BCUT2D eigenvalue weighted by Gasteiger charge is -2.10. The molecule has 0 spiro atoms. The van der Waals surface area contributed by atoms with E-state index in [0.29, 0.717) is 0 Å². The minimum absolute atomic E-state index is 0.0880. The first kappa shape index (κ1) is 18.2. The first-order valence-electron chi connectivity index (χ1n) is 4.65. The van der Waals surface area contributed by atoms with Crippen molar-refractivity contribution in [1.82, 2.24) is 0 Å². The van der Waals surface area contributed by atoms with Crippen LogP contribution in [0.15, 0.2) is 0 Å². The van der Waals surface area contributed by atoms with E-state index in [1.54, 1.807) is 0 Å². The molecule has 18 heavy (non-hydrogen) atoms. The fraction of sp³-hybridized carbons (Fsp3) is 0.556. The molecule has 1 N–H and O–H groups in total. The van der Waals surface area contributed by atoms with Gasteiger partial charge >= 0.3 is 0 Å². The predicted octanol–water partition coefficient (Wildman–Crippen LogP) is -6.11. The molecule has 0 fully saturated rings. The zero-order valence-corrected chi connectivity index (χ0v) is 9.12. The maximum absolute atomic E-state index is 9.66. The van der Waals surface area contributed by atoms with Crippen molar-refractivity contribution in [3.05, 3.63) is 0 Å². The van der Waals surface area contributed by atoms with Crippen molar-refractivity contribution in [2.24, 2.45) is 0 Å². The fourth-order valence-electron chi connectivity index (χ4n) is 0.618. The number of carbonyl (C=O) groups excluding carboxylic acids is 4. The van der Waals surface area contributed by atoms with E-state index in [4.69, 9.17) is 5.11 Å². The van der Waals surface area contributed by atoms with Gasteiger partial charge in [-0.05, 0) is 19.3 Å². The molecule has 9 heteroatoms. The number of aliphatic hydroxyl groups excluding tert-OH is 1. The SMILES string of the molecule is O=C([O-])CC(O)C(=O)[O-].O=C([O-])CCCC(=O)[O-]. The van der Waals surface area contributed by atoms with Crippen molar-refractivity contribution >= 4 is 23.9 Å². The van der Waals surface area contributed by atoms with Crippen LogP contribution in [0.1, 0.15) is 25.7 Å². The molecular weight excluding hydrogens is 252 g/mol. The lowest BCUT2D eigenvalue weighted by atomic mass is 10.2. The highest BCUT2D eigenvalue weighted by molar-refractivity contribution is 5.77. The number of aliphatic carboxylic acids is 4. The van der Waals surface area contributed by atoms with Crippen LogP contribution in [-0.2, 0) is 19.2 Å². The van der Waals surface area contributed by atoms with Crippen LogP contribution in [0.25, 0.3) is 0 Å². The molecule has 0 radical (unpaired) electrons. The molecule has 1 atom stereocenters. The van der Waals surface area contributed by atoms with Gasteiger partial charge in [-0.2, -0.15) is 0 Å². The molecule has 0 aromatic rings. The Balaban J connectivity index is 0. The molecule has 9 nitrogen and oxygen atoms in total. The summed E-state index contributed by atoms with van der Waals surface area (Å²) in [4.78, 5) is 38.4. The van der Waals surface area contributed by atoms with E-state index >= 15 is 0 Å². The predicted molar refractivity (Wildman–Crippen MR) is 44.5 cm³/mol. The zero-order valence-electron chi connectivity index (χ0n) is 9.12. The Hall–Kier alpha value is -2.16. The lowest BCUT2D eigenvalue weighted by molar-refractivity contribution is -0.323. The highest BCUT2D eigenvalue weighted by Crippen LogP contribution is 1.90. The van der Waals surface area contributed by atoms with Crippen LogP contribution in [0.5, 0.6) is 0 Å². The van der Waals surface area contributed by atoms with Crippen molar-refractivity contribution in [1.29, 1.82) is 0 Å². The highest BCUT2D eigenvalue weighted by Gasteiger charge is 2.03. The van der Waals surface area contributed by atoms with E-state index < -0.39 is 36.4 Å². The van der Waals surface area contributed by atoms with Crippen LogP contribution in [0.2, 0.25) is 0 Å². The Morgan fingerprint density at radius 1 is 0.833 bits per heavy atom. The van der Waals surface area contributed by atoms with Gasteiger partial charge in [0.25, 0.3) is 0 Å². The van der Waals surface area contributed by atoms with Crippen molar-refractivity contribution in [3.63, 3.8) is 0 Å². The topological polar surface area (TPSA) is 181 Å². The number of carbonyl (C=O) groups is 4. The molecule has 0 saturated carbocycles. The van der Waals surface area contributed by atoms with Gasteiger partial charge in [0, 0.05) is 24.3 Å².